The maximum Gasteiger partial charge on any atom is 0.268 e. The molecule has 23 heavy (non-hydrogen) atoms. The summed E-state index contributed by atoms with van der Waals surface area (Å²) in [5, 5.41) is 9.53. The minimum atomic E-state index is -3.97. The molecule has 124 valence electrons. The van der Waals surface area contributed by atoms with E-state index >= 15 is 0 Å². The zero-order chi connectivity index (χ0) is 17.0. The van der Waals surface area contributed by atoms with Gasteiger partial charge in [-0.2, -0.15) is 0 Å². The summed E-state index contributed by atoms with van der Waals surface area (Å²) in [6, 6.07) is 11.4. The third kappa shape index (κ3) is 3.80. The molecule has 0 aliphatic heterocycles. The molecule has 5 nitrogen and oxygen atoms in total. The SMILES string of the molecule is COc1c(Br)cc(Cl)cc1S(=O)(=O)N(CCO)c1ccccc1. The van der Waals surface area contributed by atoms with Crippen molar-refractivity contribution in [1.82, 2.24) is 0 Å². The highest BCUT2D eigenvalue weighted by molar-refractivity contribution is 9.10. The first-order valence-corrected chi connectivity index (χ1v) is 9.24. The molecule has 0 aliphatic carbocycles. The Labute approximate surface area is 148 Å². The molecule has 0 atom stereocenters. The lowest BCUT2D eigenvalue weighted by Crippen LogP contribution is -2.33. The number of aliphatic hydroxyl groups is 1. The summed E-state index contributed by atoms with van der Waals surface area (Å²) in [6.07, 6.45) is 0. The summed E-state index contributed by atoms with van der Waals surface area (Å²) >= 11 is 9.25. The van der Waals surface area contributed by atoms with Gasteiger partial charge in [0.15, 0.2) is 5.75 Å². The Bertz CT molecular complexity index is 784. The molecule has 0 aliphatic rings. The number of benzene rings is 2. The third-order valence-electron chi connectivity index (χ3n) is 3.09. The Morgan fingerprint density at radius 1 is 1.26 bits per heavy atom. The molecule has 0 bridgehead atoms. The Kier molecular flexibility index (Phi) is 5.91. The minimum Gasteiger partial charge on any atom is -0.494 e. The van der Waals surface area contributed by atoms with E-state index in [0.717, 1.165) is 4.31 Å². The van der Waals surface area contributed by atoms with E-state index in [-0.39, 0.29) is 28.8 Å². The molecule has 1 N–H and O–H groups in total. The highest BCUT2D eigenvalue weighted by Crippen LogP contribution is 2.37. The zero-order valence-electron chi connectivity index (χ0n) is 12.2. The smallest absolute Gasteiger partial charge is 0.268 e. The van der Waals surface area contributed by atoms with Crippen LogP contribution in [0.15, 0.2) is 51.8 Å². The normalized spacial score (nSPS) is 11.3. The molecule has 2 aromatic carbocycles. The number of methoxy groups -OCH3 is 1. The maximum absolute atomic E-state index is 13.1. The van der Waals surface area contributed by atoms with E-state index in [4.69, 9.17) is 16.3 Å². The standard InChI is InChI=1S/C15H15BrClNO4S/c1-22-15-13(16)9-11(17)10-14(15)23(20,21)18(7-8-19)12-5-3-2-4-6-12/h2-6,9-10,19H,7-8H2,1H3. The van der Waals surface area contributed by atoms with Crippen LogP contribution < -0.4 is 9.04 Å². The van der Waals surface area contributed by atoms with Crippen molar-refractivity contribution in [3.05, 3.63) is 52.0 Å². The van der Waals surface area contributed by atoms with Gasteiger partial charge in [0.2, 0.25) is 0 Å². The molecule has 0 fully saturated rings. The second-order valence-corrected chi connectivity index (χ2v) is 7.68. The maximum atomic E-state index is 13.1. The molecular weight excluding hydrogens is 406 g/mol. The number of hydrogen-bond donors (Lipinski definition) is 1. The fourth-order valence-corrected chi connectivity index (χ4v) is 4.95. The molecule has 0 heterocycles. The predicted molar refractivity (Wildman–Crippen MR) is 93.8 cm³/mol. The number of halogens is 2. The first kappa shape index (κ1) is 18.1. The monoisotopic (exact) mass is 419 g/mol. The van der Waals surface area contributed by atoms with Gasteiger partial charge in [-0.05, 0) is 40.2 Å². The average molecular weight is 421 g/mol. The van der Waals surface area contributed by atoms with E-state index in [1.54, 1.807) is 36.4 Å². The van der Waals surface area contributed by atoms with Crippen LogP contribution in [0.3, 0.4) is 0 Å². The second-order valence-electron chi connectivity index (χ2n) is 4.56. The van der Waals surface area contributed by atoms with Crippen LogP contribution in [0.25, 0.3) is 0 Å². The van der Waals surface area contributed by atoms with E-state index in [0.29, 0.717) is 10.2 Å². The van der Waals surface area contributed by atoms with Crippen LogP contribution >= 0.6 is 27.5 Å². The number of sulfonamides is 1. The summed E-state index contributed by atoms with van der Waals surface area (Å²) in [5.74, 6) is 0.160. The molecule has 0 radical (unpaired) electrons. The molecule has 8 heteroatoms. The molecule has 0 amide bonds. The van der Waals surface area contributed by atoms with Crippen molar-refractivity contribution in [2.45, 2.75) is 4.90 Å². The van der Waals surface area contributed by atoms with E-state index in [9.17, 15) is 13.5 Å². The van der Waals surface area contributed by atoms with Gasteiger partial charge in [-0.15, -0.1) is 0 Å². The van der Waals surface area contributed by atoms with Crippen LogP contribution in [0.1, 0.15) is 0 Å². The number of aliphatic hydroxyl groups excluding tert-OH is 1. The van der Waals surface area contributed by atoms with E-state index < -0.39 is 10.0 Å². The number of anilines is 1. The fourth-order valence-electron chi connectivity index (χ4n) is 2.12. The van der Waals surface area contributed by atoms with Gasteiger partial charge in [0.1, 0.15) is 4.90 Å². The van der Waals surface area contributed by atoms with Crippen LogP contribution in [0.5, 0.6) is 5.75 Å². The van der Waals surface area contributed by atoms with Gasteiger partial charge >= 0.3 is 0 Å². The molecule has 0 saturated carbocycles. The van der Waals surface area contributed by atoms with Crippen LogP contribution in [0.2, 0.25) is 5.02 Å². The predicted octanol–water partition coefficient (Wildman–Crippen LogP) is 3.30. The molecule has 0 aromatic heterocycles. The van der Waals surface area contributed by atoms with Crippen molar-refractivity contribution in [3.63, 3.8) is 0 Å². The molecule has 0 spiro atoms. The van der Waals surface area contributed by atoms with Gasteiger partial charge in [-0.25, -0.2) is 8.42 Å². The Morgan fingerprint density at radius 3 is 2.48 bits per heavy atom. The van der Waals surface area contributed by atoms with Gasteiger partial charge in [0, 0.05) is 5.02 Å². The zero-order valence-corrected chi connectivity index (χ0v) is 15.4. The number of rotatable bonds is 6. The summed E-state index contributed by atoms with van der Waals surface area (Å²) in [7, 11) is -2.59. The van der Waals surface area contributed by atoms with Crippen molar-refractivity contribution < 1.29 is 18.3 Å². The van der Waals surface area contributed by atoms with Crippen molar-refractivity contribution in [1.29, 1.82) is 0 Å². The fraction of sp³-hybridized carbons (Fsp3) is 0.200. The molecule has 0 saturated heterocycles. The van der Waals surface area contributed by atoms with Crippen molar-refractivity contribution in [2.24, 2.45) is 0 Å². The summed E-state index contributed by atoms with van der Waals surface area (Å²) in [4.78, 5) is -0.0725. The second kappa shape index (κ2) is 7.53. The topological polar surface area (TPSA) is 66.8 Å². The van der Waals surface area contributed by atoms with Gasteiger partial charge in [-0.3, -0.25) is 4.31 Å². The van der Waals surface area contributed by atoms with E-state index in [1.165, 1.54) is 13.2 Å². The molecule has 2 rings (SSSR count). The Hall–Kier alpha value is -1.28. The summed E-state index contributed by atoms with van der Waals surface area (Å²) in [6.45, 7) is -0.405. The molecular formula is C15H15BrClNO4S. The van der Waals surface area contributed by atoms with Crippen molar-refractivity contribution in [3.8, 4) is 5.75 Å². The lowest BCUT2D eigenvalue weighted by Gasteiger charge is -2.25. The Morgan fingerprint density at radius 2 is 1.91 bits per heavy atom. The van der Waals surface area contributed by atoms with E-state index in [1.807, 2.05) is 0 Å². The Balaban J connectivity index is 2.64. The first-order valence-electron chi connectivity index (χ1n) is 6.63. The van der Waals surface area contributed by atoms with Gasteiger partial charge < -0.3 is 9.84 Å². The molecule has 0 unspecified atom stereocenters. The van der Waals surface area contributed by atoms with Gasteiger partial charge in [0.25, 0.3) is 10.0 Å². The average Bonchev–Trinajstić information content (AvgIpc) is 2.52. The van der Waals surface area contributed by atoms with Crippen LogP contribution in [0, 0.1) is 0 Å². The number of nitrogens with zero attached hydrogens (tertiary/aromatic N) is 1. The van der Waals surface area contributed by atoms with Crippen LogP contribution in [-0.4, -0.2) is 33.8 Å². The lowest BCUT2D eigenvalue weighted by atomic mass is 10.3. The highest BCUT2D eigenvalue weighted by atomic mass is 79.9. The quantitative estimate of drug-likeness (QED) is 0.779. The lowest BCUT2D eigenvalue weighted by molar-refractivity contribution is 0.306. The summed E-state index contributed by atoms with van der Waals surface area (Å²) < 4.78 is 32.9. The molecule has 2 aromatic rings. The van der Waals surface area contributed by atoms with Gasteiger partial charge in [0.05, 0.1) is 30.4 Å². The minimum absolute atomic E-state index is 0.0725. The number of ether oxygens (including phenoxy) is 1. The van der Waals surface area contributed by atoms with Gasteiger partial charge in [-0.1, -0.05) is 29.8 Å². The number of hydrogen-bond acceptors (Lipinski definition) is 4. The number of para-hydroxylation sites is 1. The van der Waals surface area contributed by atoms with Crippen LogP contribution in [-0.2, 0) is 10.0 Å². The van der Waals surface area contributed by atoms with Crippen molar-refractivity contribution >= 4 is 43.2 Å². The van der Waals surface area contributed by atoms with Crippen LogP contribution in [0.4, 0.5) is 5.69 Å². The highest BCUT2D eigenvalue weighted by Gasteiger charge is 2.29. The summed E-state index contributed by atoms with van der Waals surface area (Å²) in [5.41, 5.74) is 0.444. The largest absolute Gasteiger partial charge is 0.494 e. The van der Waals surface area contributed by atoms with Crippen molar-refractivity contribution in [2.75, 3.05) is 24.6 Å². The first-order chi connectivity index (χ1) is 10.9. The third-order valence-corrected chi connectivity index (χ3v) is 5.73. The van der Waals surface area contributed by atoms with E-state index in [2.05, 4.69) is 15.9 Å².